The van der Waals surface area contributed by atoms with E-state index >= 15 is 0 Å². The van der Waals surface area contributed by atoms with Crippen LogP contribution in [0.25, 0.3) is 0 Å². The van der Waals surface area contributed by atoms with Crippen LogP contribution in [0.15, 0.2) is 6.20 Å². The van der Waals surface area contributed by atoms with Gasteiger partial charge in [0.1, 0.15) is 6.20 Å². The Balaban J connectivity index is 2.32. The van der Waals surface area contributed by atoms with Crippen molar-refractivity contribution >= 4 is 29.2 Å². The van der Waals surface area contributed by atoms with Crippen LogP contribution < -0.4 is 10.2 Å². The van der Waals surface area contributed by atoms with Crippen molar-refractivity contribution in [1.82, 2.24) is 9.97 Å². The normalized spacial score (nSPS) is 18.4. The van der Waals surface area contributed by atoms with E-state index in [2.05, 4.69) is 29.1 Å². The number of hydrogen-bond acceptors (Lipinski definition) is 7. The number of anilines is 2. The summed E-state index contributed by atoms with van der Waals surface area (Å²) >= 11 is 1.89. The smallest absolute Gasteiger partial charge is 0.329 e. The van der Waals surface area contributed by atoms with Crippen LogP contribution in [0.5, 0.6) is 0 Å². The van der Waals surface area contributed by atoms with Crippen LogP contribution in [0.2, 0.25) is 0 Å². The molecule has 1 N–H and O–H groups in total. The number of nitrogens with one attached hydrogen (secondary N) is 1. The Morgan fingerprint density at radius 2 is 2.25 bits per heavy atom. The summed E-state index contributed by atoms with van der Waals surface area (Å²) in [4.78, 5) is 20.9. The van der Waals surface area contributed by atoms with Crippen molar-refractivity contribution in [2.75, 3.05) is 36.1 Å². The van der Waals surface area contributed by atoms with E-state index in [1.54, 1.807) is 7.05 Å². The molecule has 2 heterocycles. The number of hydrogen-bond donors (Lipinski definition) is 1. The van der Waals surface area contributed by atoms with Gasteiger partial charge in [-0.3, -0.25) is 10.1 Å². The molecule has 2 rings (SSSR count). The fourth-order valence-electron chi connectivity index (χ4n) is 2.08. The maximum absolute atomic E-state index is 11.2. The number of nitrogens with zero attached hydrogens (tertiary/aromatic N) is 4. The Labute approximate surface area is 122 Å². The zero-order valence-electron chi connectivity index (χ0n) is 11.9. The summed E-state index contributed by atoms with van der Waals surface area (Å²) in [7, 11) is 1.70. The molecule has 0 saturated carbocycles. The highest BCUT2D eigenvalue weighted by molar-refractivity contribution is 8.00. The van der Waals surface area contributed by atoms with Gasteiger partial charge >= 0.3 is 5.69 Å². The van der Waals surface area contributed by atoms with Crippen molar-refractivity contribution in [2.45, 2.75) is 25.0 Å². The molecule has 1 saturated heterocycles. The Hall–Kier alpha value is -1.57. The minimum absolute atomic E-state index is 0.0336. The maximum Gasteiger partial charge on any atom is 0.329 e. The molecule has 1 aliphatic heterocycles. The minimum atomic E-state index is -0.419. The molecule has 1 fully saturated rings. The summed E-state index contributed by atoms with van der Waals surface area (Å²) in [6, 6.07) is 0. The second kappa shape index (κ2) is 5.82. The third kappa shape index (κ3) is 3.30. The lowest BCUT2D eigenvalue weighted by Crippen LogP contribution is -2.28. The van der Waals surface area contributed by atoms with Gasteiger partial charge in [0.2, 0.25) is 11.8 Å². The molecule has 0 aliphatic carbocycles. The van der Waals surface area contributed by atoms with Crippen LogP contribution in [-0.2, 0) is 0 Å². The summed E-state index contributed by atoms with van der Waals surface area (Å²) in [6.07, 6.45) is 2.24. The van der Waals surface area contributed by atoms with Gasteiger partial charge in [-0.25, -0.2) is 4.98 Å². The SMILES string of the molecule is CNc1ncc([N+](=O)[O-])c(N2CCSC(C)(C)CC2)n1. The Bertz CT molecular complexity index is 509. The van der Waals surface area contributed by atoms with Gasteiger partial charge in [0, 0.05) is 30.6 Å². The molecule has 0 amide bonds. The van der Waals surface area contributed by atoms with Crippen LogP contribution in [-0.4, -0.2) is 45.5 Å². The Morgan fingerprint density at radius 1 is 1.50 bits per heavy atom. The number of rotatable bonds is 3. The van der Waals surface area contributed by atoms with Crippen LogP contribution in [0, 0.1) is 10.1 Å². The van der Waals surface area contributed by atoms with Gasteiger partial charge in [0.15, 0.2) is 0 Å². The molecule has 7 nitrogen and oxygen atoms in total. The first kappa shape index (κ1) is 14.8. The molecule has 0 bridgehead atoms. The zero-order chi connectivity index (χ0) is 14.8. The minimum Gasteiger partial charge on any atom is -0.357 e. The van der Waals surface area contributed by atoms with Crippen LogP contribution in [0.4, 0.5) is 17.5 Å². The van der Waals surface area contributed by atoms with E-state index in [1.165, 1.54) is 6.20 Å². The van der Waals surface area contributed by atoms with Crippen molar-refractivity contribution in [3.63, 3.8) is 0 Å². The topological polar surface area (TPSA) is 84.2 Å². The van der Waals surface area contributed by atoms with Gasteiger partial charge in [-0.2, -0.15) is 16.7 Å². The molecule has 8 heteroatoms. The van der Waals surface area contributed by atoms with Crippen molar-refractivity contribution < 1.29 is 4.92 Å². The standard InChI is InChI=1S/C12H19N5O2S/c1-12(2)4-5-16(6-7-20-12)10-9(17(18)19)8-14-11(13-3)15-10/h8H,4-7H2,1-3H3,(H,13,14,15). The van der Waals surface area contributed by atoms with Crippen molar-refractivity contribution in [1.29, 1.82) is 0 Å². The quantitative estimate of drug-likeness (QED) is 0.676. The molecule has 1 aromatic rings. The van der Waals surface area contributed by atoms with E-state index < -0.39 is 4.92 Å². The first-order valence-electron chi connectivity index (χ1n) is 6.51. The molecule has 0 unspecified atom stereocenters. The average molecular weight is 297 g/mol. The molecular weight excluding hydrogens is 278 g/mol. The van der Waals surface area contributed by atoms with Gasteiger partial charge < -0.3 is 10.2 Å². The van der Waals surface area contributed by atoms with Crippen molar-refractivity contribution in [3.8, 4) is 0 Å². The molecular formula is C12H19N5O2S. The molecule has 0 aromatic carbocycles. The van der Waals surface area contributed by atoms with Crippen LogP contribution in [0.3, 0.4) is 0 Å². The largest absolute Gasteiger partial charge is 0.357 e. The lowest BCUT2D eigenvalue weighted by atomic mass is 10.1. The third-order valence-electron chi connectivity index (χ3n) is 3.31. The molecule has 1 aromatic heterocycles. The number of nitro groups is 1. The van der Waals surface area contributed by atoms with Gasteiger partial charge in [-0.15, -0.1) is 0 Å². The molecule has 0 spiro atoms. The van der Waals surface area contributed by atoms with Gasteiger partial charge in [0.25, 0.3) is 0 Å². The Morgan fingerprint density at radius 3 is 2.90 bits per heavy atom. The first-order valence-corrected chi connectivity index (χ1v) is 7.49. The summed E-state index contributed by atoms with van der Waals surface area (Å²) in [5.74, 6) is 1.75. The molecule has 0 atom stereocenters. The highest BCUT2D eigenvalue weighted by Gasteiger charge is 2.28. The van der Waals surface area contributed by atoms with E-state index in [-0.39, 0.29) is 10.4 Å². The van der Waals surface area contributed by atoms with Gasteiger partial charge in [-0.05, 0) is 6.42 Å². The van der Waals surface area contributed by atoms with E-state index in [1.807, 2.05) is 16.7 Å². The van der Waals surface area contributed by atoms with E-state index in [0.29, 0.717) is 11.8 Å². The lowest BCUT2D eigenvalue weighted by Gasteiger charge is -2.23. The zero-order valence-corrected chi connectivity index (χ0v) is 12.7. The van der Waals surface area contributed by atoms with Crippen LogP contribution >= 0.6 is 11.8 Å². The predicted octanol–water partition coefficient (Wildman–Crippen LogP) is 2.15. The summed E-state index contributed by atoms with van der Waals surface area (Å²) in [6.45, 7) is 5.93. The molecule has 110 valence electrons. The fourth-order valence-corrected chi connectivity index (χ4v) is 3.18. The second-order valence-corrected chi connectivity index (χ2v) is 7.06. The van der Waals surface area contributed by atoms with E-state index in [9.17, 15) is 10.1 Å². The molecule has 1 aliphatic rings. The number of thioether (sulfide) groups is 1. The van der Waals surface area contributed by atoms with Gasteiger partial charge in [0.05, 0.1) is 4.92 Å². The maximum atomic E-state index is 11.2. The fraction of sp³-hybridized carbons (Fsp3) is 0.667. The van der Waals surface area contributed by atoms with E-state index in [0.717, 1.165) is 25.3 Å². The highest BCUT2D eigenvalue weighted by atomic mass is 32.2. The van der Waals surface area contributed by atoms with Gasteiger partial charge in [-0.1, -0.05) is 13.8 Å². The summed E-state index contributed by atoms with van der Waals surface area (Å²) in [5.41, 5.74) is -0.0336. The van der Waals surface area contributed by atoms with Crippen molar-refractivity contribution in [2.24, 2.45) is 0 Å². The Kier molecular flexibility index (Phi) is 4.32. The predicted molar refractivity (Wildman–Crippen MR) is 81.6 cm³/mol. The third-order valence-corrected chi connectivity index (χ3v) is 4.68. The summed E-state index contributed by atoms with van der Waals surface area (Å²) < 4.78 is 0.197. The molecule has 20 heavy (non-hydrogen) atoms. The first-order chi connectivity index (χ1) is 9.43. The second-order valence-electron chi connectivity index (χ2n) is 5.25. The van der Waals surface area contributed by atoms with Crippen LogP contribution in [0.1, 0.15) is 20.3 Å². The van der Waals surface area contributed by atoms with Crippen molar-refractivity contribution in [3.05, 3.63) is 16.3 Å². The molecule has 0 radical (unpaired) electrons. The average Bonchev–Trinajstić information content (AvgIpc) is 2.58. The van der Waals surface area contributed by atoms with E-state index in [4.69, 9.17) is 0 Å². The number of aromatic nitrogens is 2. The monoisotopic (exact) mass is 297 g/mol. The lowest BCUT2D eigenvalue weighted by molar-refractivity contribution is -0.384. The highest BCUT2D eigenvalue weighted by Crippen LogP contribution is 2.34. The summed E-state index contributed by atoms with van der Waals surface area (Å²) in [5, 5.41) is 14.0.